The van der Waals surface area contributed by atoms with Gasteiger partial charge in [-0.15, -0.1) is 0 Å². The van der Waals surface area contributed by atoms with Crippen molar-refractivity contribution in [3.63, 3.8) is 0 Å². The van der Waals surface area contributed by atoms with Crippen molar-refractivity contribution in [1.29, 1.82) is 0 Å². The van der Waals surface area contributed by atoms with Gasteiger partial charge >= 0.3 is 0 Å². The Morgan fingerprint density at radius 1 is 1.07 bits per heavy atom. The summed E-state index contributed by atoms with van der Waals surface area (Å²) < 4.78 is 27.1. The van der Waals surface area contributed by atoms with E-state index in [9.17, 15) is 13.2 Å². The molecule has 0 atom stereocenters. The molecular weight excluding hydrogens is 384 g/mol. The summed E-state index contributed by atoms with van der Waals surface area (Å²) in [6.45, 7) is 4.93. The molecule has 2 fully saturated rings. The van der Waals surface area contributed by atoms with E-state index in [2.05, 4.69) is 18.7 Å². The molecule has 5 nitrogen and oxygen atoms in total. The van der Waals surface area contributed by atoms with E-state index in [4.69, 9.17) is 11.6 Å². The average molecular weight is 413 g/mol. The first kappa shape index (κ1) is 20.6. The second kappa shape index (κ2) is 8.50. The molecule has 1 aliphatic carbocycles. The lowest BCUT2D eigenvalue weighted by atomic mass is 9.95. The number of carbonyl (C=O) groups excluding carboxylic acids is 1. The van der Waals surface area contributed by atoms with E-state index in [1.165, 1.54) is 29.3 Å². The van der Waals surface area contributed by atoms with Crippen LogP contribution in [0.2, 0.25) is 5.02 Å². The lowest BCUT2D eigenvalue weighted by molar-refractivity contribution is -0.141. The molecule has 1 heterocycles. The van der Waals surface area contributed by atoms with Crippen molar-refractivity contribution in [2.24, 2.45) is 5.92 Å². The van der Waals surface area contributed by atoms with Crippen molar-refractivity contribution in [2.75, 3.05) is 13.1 Å². The van der Waals surface area contributed by atoms with Crippen LogP contribution >= 0.6 is 11.6 Å². The monoisotopic (exact) mass is 412 g/mol. The summed E-state index contributed by atoms with van der Waals surface area (Å²) in [5.41, 5.74) is 0. The standard InChI is InChI=1S/C20H29ClN2O3S/c1-15(2)23(18-5-3-4-6-18)20(24)16-11-13-22(14-12-16)27(25,26)19-9-7-17(21)8-10-19/h7-10,15-16,18H,3-6,11-14H2,1-2H3. The molecule has 0 N–H and O–H groups in total. The quantitative estimate of drug-likeness (QED) is 0.736. The van der Waals surface area contributed by atoms with Gasteiger partial charge in [0.05, 0.1) is 4.90 Å². The number of hydrogen-bond acceptors (Lipinski definition) is 3. The van der Waals surface area contributed by atoms with Gasteiger partial charge < -0.3 is 4.90 Å². The molecule has 0 bridgehead atoms. The van der Waals surface area contributed by atoms with Crippen LogP contribution in [0.5, 0.6) is 0 Å². The Labute approximate surface area is 167 Å². The van der Waals surface area contributed by atoms with E-state index in [1.807, 2.05) is 0 Å². The fourth-order valence-electron chi connectivity index (χ4n) is 4.35. The Kier molecular flexibility index (Phi) is 6.49. The van der Waals surface area contributed by atoms with Gasteiger partial charge in [0.25, 0.3) is 0 Å². The molecule has 7 heteroatoms. The number of sulfonamides is 1. The number of rotatable bonds is 5. The molecule has 1 saturated carbocycles. The number of amides is 1. The van der Waals surface area contributed by atoms with Crippen LogP contribution < -0.4 is 0 Å². The predicted molar refractivity (Wildman–Crippen MR) is 107 cm³/mol. The Morgan fingerprint density at radius 3 is 2.15 bits per heavy atom. The van der Waals surface area contributed by atoms with E-state index in [1.54, 1.807) is 12.1 Å². The van der Waals surface area contributed by atoms with Crippen LogP contribution in [0.3, 0.4) is 0 Å². The fourth-order valence-corrected chi connectivity index (χ4v) is 5.94. The zero-order chi connectivity index (χ0) is 19.6. The minimum absolute atomic E-state index is 0.0790. The maximum Gasteiger partial charge on any atom is 0.243 e. The molecular formula is C20H29ClN2O3S. The molecule has 1 aromatic rings. The van der Waals surface area contributed by atoms with Crippen molar-refractivity contribution < 1.29 is 13.2 Å². The molecule has 1 saturated heterocycles. The predicted octanol–water partition coefficient (Wildman–Crippen LogP) is 3.92. The third-order valence-electron chi connectivity index (χ3n) is 5.78. The Morgan fingerprint density at radius 2 is 1.63 bits per heavy atom. The van der Waals surface area contributed by atoms with E-state index in [0.29, 0.717) is 37.0 Å². The minimum atomic E-state index is -3.53. The summed E-state index contributed by atoms with van der Waals surface area (Å²) in [7, 11) is -3.53. The van der Waals surface area contributed by atoms with Crippen LogP contribution in [-0.4, -0.2) is 48.7 Å². The first-order valence-corrected chi connectivity index (χ1v) is 11.7. The van der Waals surface area contributed by atoms with Crippen LogP contribution in [0.25, 0.3) is 0 Å². The first-order chi connectivity index (χ1) is 12.8. The molecule has 0 unspecified atom stereocenters. The Bertz CT molecular complexity index is 750. The van der Waals surface area contributed by atoms with Gasteiger partial charge in [-0.1, -0.05) is 24.4 Å². The summed E-state index contributed by atoms with van der Waals surface area (Å²) in [4.78, 5) is 15.5. The summed E-state index contributed by atoms with van der Waals surface area (Å²) in [5, 5.41) is 0.513. The highest BCUT2D eigenvalue weighted by molar-refractivity contribution is 7.89. The summed E-state index contributed by atoms with van der Waals surface area (Å²) in [6, 6.07) is 6.80. The van der Waals surface area contributed by atoms with Gasteiger partial charge in [-0.05, 0) is 63.8 Å². The molecule has 0 radical (unpaired) electrons. The molecule has 1 amide bonds. The van der Waals surface area contributed by atoms with Crippen LogP contribution in [0.4, 0.5) is 0 Å². The van der Waals surface area contributed by atoms with Gasteiger partial charge in [0.1, 0.15) is 0 Å². The highest BCUT2D eigenvalue weighted by atomic mass is 35.5. The largest absolute Gasteiger partial charge is 0.337 e. The number of nitrogens with zero attached hydrogens (tertiary/aromatic N) is 2. The Hall–Kier alpha value is -1.11. The summed E-state index contributed by atoms with van der Waals surface area (Å²) >= 11 is 5.86. The van der Waals surface area contributed by atoms with Crippen molar-refractivity contribution in [1.82, 2.24) is 9.21 Å². The van der Waals surface area contributed by atoms with Crippen molar-refractivity contribution in [3.8, 4) is 0 Å². The second-order valence-electron chi connectivity index (χ2n) is 7.91. The lowest BCUT2D eigenvalue weighted by Gasteiger charge is -2.38. The molecule has 0 aromatic heterocycles. The molecule has 0 spiro atoms. The molecule has 150 valence electrons. The highest BCUT2D eigenvalue weighted by Gasteiger charge is 2.37. The normalized spacial score (nSPS) is 20.3. The summed E-state index contributed by atoms with van der Waals surface area (Å²) in [6.07, 6.45) is 5.74. The molecule has 1 aliphatic heterocycles. The van der Waals surface area contributed by atoms with Crippen LogP contribution in [0.15, 0.2) is 29.2 Å². The van der Waals surface area contributed by atoms with Crippen molar-refractivity contribution in [2.45, 2.75) is 69.4 Å². The van der Waals surface area contributed by atoms with E-state index in [-0.39, 0.29) is 22.8 Å². The van der Waals surface area contributed by atoms with E-state index < -0.39 is 10.0 Å². The van der Waals surface area contributed by atoms with E-state index >= 15 is 0 Å². The average Bonchev–Trinajstić information content (AvgIpc) is 3.16. The number of hydrogen-bond donors (Lipinski definition) is 0. The Balaban J connectivity index is 1.65. The van der Waals surface area contributed by atoms with Crippen LogP contribution in [-0.2, 0) is 14.8 Å². The third-order valence-corrected chi connectivity index (χ3v) is 7.95. The molecule has 1 aromatic carbocycles. The second-order valence-corrected chi connectivity index (χ2v) is 10.3. The number of halogens is 1. The van der Waals surface area contributed by atoms with Gasteiger partial charge in [-0.2, -0.15) is 4.31 Å². The lowest BCUT2D eigenvalue weighted by Crippen LogP contribution is -2.49. The molecule has 27 heavy (non-hydrogen) atoms. The maximum absolute atomic E-state index is 13.1. The number of piperidine rings is 1. The van der Waals surface area contributed by atoms with Crippen molar-refractivity contribution in [3.05, 3.63) is 29.3 Å². The zero-order valence-corrected chi connectivity index (χ0v) is 17.7. The van der Waals surface area contributed by atoms with Crippen LogP contribution in [0, 0.1) is 5.92 Å². The third kappa shape index (κ3) is 4.49. The van der Waals surface area contributed by atoms with Gasteiger partial charge in [0.15, 0.2) is 0 Å². The van der Waals surface area contributed by atoms with Gasteiger partial charge in [-0.25, -0.2) is 8.42 Å². The van der Waals surface area contributed by atoms with E-state index in [0.717, 1.165) is 12.8 Å². The minimum Gasteiger partial charge on any atom is -0.337 e. The molecule has 2 aliphatic rings. The first-order valence-electron chi connectivity index (χ1n) is 9.88. The summed E-state index contributed by atoms with van der Waals surface area (Å²) in [5.74, 6) is 0.130. The van der Waals surface area contributed by atoms with Crippen molar-refractivity contribution >= 4 is 27.5 Å². The number of benzene rings is 1. The SMILES string of the molecule is CC(C)N(C(=O)C1CCN(S(=O)(=O)c2ccc(Cl)cc2)CC1)C1CCCC1. The van der Waals surface area contributed by atoms with Crippen LogP contribution in [0.1, 0.15) is 52.4 Å². The van der Waals surface area contributed by atoms with Gasteiger partial charge in [-0.3, -0.25) is 4.79 Å². The van der Waals surface area contributed by atoms with Gasteiger partial charge in [0, 0.05) is 36.1 Å². The number of carbonyl (C=O) groups is 1. The smallest absolute Gasteiger partial charge is 0.243 e. The fraction of sp³-hybridized carbons (Fsp3) is 0.650. The highest BCUT2D eigenvalue weighted by Crippen LogP contribution is 2.30. The maximum atomic E-state index is 13.1. The topological polar surface area (TPSA) is 57.7 Å². The molecule has 3 rings (SSSR count). The zero-order valence-electron chi connectivity index (χ0n) is 16.1. The van der Waals surface area contributed by atoms with Gasteiger partial charge in [0.2, 0.25) is 15.9 Å².